The van der Waals surface area contributed by atoms with E-state index >= 15 is 0 Å². The van der Waals surface area contributed by atoms with Crippen molar-refractivity contribution in [3.63, 3.8) is 0 Å². The minimum absolute atomic E-state index is 0.194. The number of hydrogen-bond acceptors (Lipinski definition) is 5. The molecule has 1 saturated heterocycles. The van der Waals surface area contributed by atoms with E-state index in [4.69, 9.17) is 32.5 Å². The zero-order valence-corrected chi connectivity index (χ0v) is 13.3. The lowest BCUT2D eigenvalue weighted by atomic mass is 10.1. The molecule has 2 heterocycles. The van der Waals surface area contributed by atoms with E-state index in [1.807, 2.05) is 0 Å². The van der Waals surface area contributed by atoms with Crippen LogP contribution in [0.5, 0.6) is 0 Å². The number of halogens is 2. The number of amides is 1. The molecule has 0 aliphatic carbocycles. The fourth-order valence-corrected chi connectivity index (χ4v) is 2.64. The van der Waals surface area contributed by atoms with E-state index in [9.17, 15) is 4.79 Å². The molecule has 6 nitrogen and oxygen atoms in total. The van der Waals surface area contributed by atoms with Crippen LogP contribution in [0.3, 0.4) is 0 Å². The number of rotatable bonds is 2. The molecule has 1 aliphatic rings. The Bertz CT molecular complexity index is 704. The average Bonchev–Trinajstić information content (AvgIpc) is 2.96. The fraction of sp³-hybridized carbons (Fsp3) is 0.357. The van der Waals surface area contributed by atoms with Gasteiger partial charge < -0.3 is 14.2 Å². The summed E-state index contributed by atoms with van der Waals surface area (Å²) in [6.07, 6.45) is -0.409. The molecule has 1 aromatic carbocycles. The number of benzene rings is 1. The Morgan fingerprint density at radius 3 is 2.95 bits per heavy atom. The molecule has 0 radical (unpaired) electrons. The molecule has 0 bridgehead atoms. The second-order valence-electron chi connectivity index (χ2n) is 4.91. The van der Waals surface area contributed by atoms with Crippen LogP contribution in [0.4, 0.5) is 0 Å². The maximum absolute atomic E-state index is 12.6. The molecule has 1 fully saturated rings. The molecule has 1 amide bonds. The van der Waals surface area contributed by atoms with Crippen molar-refractivity contribution < 1.29 is 14.1 Å². The highest BCUT2D eigenvalue weighted by Gasteiger charge is 2.29. The largest absolute Gasteiger partial charge is 0.366 e. The lowest BCUT2D eigenvalue weighted by Crippen LogP contribution is -2.42. The molecule has 22 heavy (non-hydrogen) atoms. The molecule has 8 heteroatoms. The Morgan fingerprint density at radius 1 is 1.41 bits per heavy atom. The van der Waals surface area contributed by atoms with Crippen molar-refractivity contribution >= 4 is 29.1 Å². The Balaban J connectivity index is 1.79. The second kappa shape index (κ2) is 6.24. The van der Waals surface area contributed by atoms with E-state index in [1.165, 1.54) is 0 Å². The quantitative estimate of drug-likeness (QED) is 0.839. The standard InChI is InChI=1S/C14H13Cl2N3O3/c1-8-17-13(18-22-8)12-7-19(4-5-21-12)14(20)10-6-9(15)2-3-11(10)16/h2-3,6,12H,4-5,7H2,1H3/t12-/m0/s1. The Hall–Kier alpha value is -1.63. The van der Waals surface area contributed by atoms with Crippen LogP contribution in [0.25, 0.3) is 0 Å². The molecule has 3 rings (SSSR count). The van der Waals surface area contributed by atoms with Crippen molar-refractivity contribution in [2.24, 2.45) is 0 Å². The summed E-state index contributed by atoms with van der Waals surface area (Å²) in [4.78, 5) is 18.4. The number of carbonyl (C=O) groups excluding carboxylic acids is 1. The Labute approximate surface area is 136 Å². The zero-order chi connectivity index (χ0) is 15.7. The topological polar surface area (TPSA) is 68.5 Å². The van der Waals surface area contributed by atoms with Gasteiger partial charge in [-0.15, -0.1) is 0 Å². The normalized spacial score (nSPS) is 18.5. The summed E-state index contributed by atoms with van der Waals surface area (Å²) < 4.78 is 10.6. The van der Waals surface area contributed by atoms with Gasteiger partial charge in [0, 0.05) is 18.5 Å². The number of carbonyl (C=O) groups is 1. The first-order chi connectivity index (χ1) is 10.5. The number of ether oxygens (including phenoxy) is 1. The van der Waals surface area contributed by atoms with Gasteiger partial charge in [-0.3, -0.25) is 4.79 Å². The van der Waals surface area contributed by atoms with E-state index < -0.39 is 6.10 Å². The molecule has 1 aliphatic heterocycles. The van der Waals surface area contributed by atoms with Crippen LogP contribution in [0.15, 0.2) is 22.7 Å². The molecule has 116 valence electrons. The molecule has 0 saturated carbocycles. The summed E-state index contributed by atoms with van der Waals surface area (Å²) in [6.45, 7) is 2.89. The molecular weight excluding hydrogens is 329 g/mol. The molecule has 0 spiro atoms. The minimum atomic E-state index is -0.409. The fourth-order valence-electron chi connectivity index (χ4n) is 2.27. The highest BCUT2D eigenvalue weighted by molar-refractivity contribution is 6.35. The van der Waals surface area contributed by atoms with Crippen LogP contribution in [0, 0.1) is 6.92 Å². The summed E-state index contributed by atoms with van der Waals surface area (Å²) in [7, 11) is 0. The van der Waals surface area contributed by atoms with Gasteiger partial charge in [0.15, 0.2) is 0 Å². The maximum Gasteiger partial charge on any atom is 0.255 e. The van der Waals surface area contributed by atoms with Gasteiger partial charge in [0.25, 0.3) is 5.91 Å². The van der Waals surface area contributed by atoms with E-state index in [-0.39, 0.29) is 5.91 Å². The van der Waals surface area contributed by atoms with Gasteiger partial charge in [0.2, 0.25) is 11.7 Å². The summed E-state index contributed by atoms with van der Waals surface area (Å²) in [5.41, 5.74) is 0.374. The SMILES string of the molecule is Cc1nc([C@@H]2CN(C(=O)c3cc(Cl)ccc3Cl)CCO2)no1. The summed E-state index contributed by atoms with van der Waals surface area (Å²) >= 11 is 12.0. The van der Waals surface area contributed by atoms with Crippen LogP contribution >= 0.6 is 23.2 Å². The maximum atomic E-state index is 12.6. The lowest BCUT2D eigenvalue weighted by molar-refractivity contribution is -0.0276. The number of nitrogens with zero attached hydrogens (tertiary/aromatic N) is 3. The monoisotopic (exact) mass is 341 g/mol. The van der Waals surface area contributed by atoms with Gasteiger partial charge in [0.1, 0.15) is 6.10 Å². The third-order valence-corrected chi connectivity index (χ3v) is 3.91. The number of morpholine rings is 1. The summed E-state index contributed by atoms with van der Waals surface area (Å²) in [5.74, 6) is 0.702. The van der Waals surface area contributed by atoms with Crippen molar-refractivity contribution in [2.75, 3.05) is 19.7 Å². The van der Waals surface area contributed by atoms with E-state index in [0.29, 0.717) is 47.0 Å². The predicted molar refractivity (Wildman–Crippen MR) is 80.1 cm³/mol. The molecular formula is C14H13Cl2N3O3. The Kier molecular flexibility index (Phi) is 4.33. The van der Waals surface area contributed by atoms with Crippen LogP contribution in [-0.2, 0) is 4.74 Å². The van der Waals surface area contributed by atoms with Crippen molar-refractivity contribution in [2.45, 2.75) is 13.0 Å². The van der Waals surface area contributed by atoms with Gasteiger partial charge in [0.05, 0.1) is 23.7 Å². The highest BCUT2D eigenvalue weighted by Crippen LogP contribution is 2.25. The van der Waals surface area contributed by atoms with Crippen molar-refractivity contribution in [3.05, 3.63) is 45.5 Å². The van der Waals surface area contributed by atoms with Crippen LogP contribution in [0.2, 0.25) is 10.0 Å². The number of hydrogen-bond donors (Lipinski definition) is 0. The van der Waals surface area contributed by atoms with Gasteiger partial charge in [-0.2, -0.15) is 4.98 Å². The highest BCUT2D eigenvalue weighted by atomic mass is 35.5. The third kappa shape index (κ3) is 3.09. The third-order valence-electron chi connectivity index (χ3n) is 3.34. The van der Waals surface area contributed by atoms with E-state index in [2.05, 4.69) is 10.1 Å². The van der Waals surface area contributed by atoms with E-state index in [0.717, 1.165) is 0 Å². The van der Waals surface area contributed by atoms with Crippen LogP contribution < -0.4 is 0 Å². The first-order valence-corrected chi connectivity index (χ1v) is 7.46. The molecule has 1 atom stereocenters. The average molecular weight is 342 g/mol. The first kappa shape index (κ1) is 15.3. The minimum Gasteiger partial charge on any atom is -0.366 e. The number of aromatic nitrogens is 2. The molecule has 0 unspecified atom stereocenters. The molecule has 0 N–H and O–H groups in total. The van der Waals surface area contributed by atoms with Gasteiger partial charge in [-0.1, -0.05) is 28.4 Å². The first-order valence-electron chi connectivity index (χ1n) is 6.71. The summed E-state index contributed by atoms with van der Waals surface area (Å²) in [6, 6.07) is 4.82. The van der Waals surface area contributed by atoms with Crippen molar-refractivity contribution in [1.29, 1.82) is 0 Å². The smallest absolute Gasteiger partial charge is 0.255 e. The lowest BCUT2D eigenvalue weighted by Gasteiger charge is -2.31. The number of aryl methyl sites for hydroxylation is 1. The van der Waals surface area contributed by atoms with Crippen molar-refractivity contribution in [3.8, 4) is 0 Å². The van der Waals surface area contributed by atoms with Crippen LogP contribution in [-0.4, -0.2) is 40.6 Å². The van der Waals surface area contributed by atoms with Gasteiger partial charge in [-0.05, 0) is 18.2 Å². The van der Waals surface area contributed by atoms with Crippen LogP contribution in [0.1, 0.15) is 28.2 Å². The summed E-state index contributed by atoms with van der Waals surface area (Å²) in [5, 5.41) is 4.67. The van der Waals surface area contributed by atoms with Gasteiger partial charge >= 0.3 is 0 Å². The van der Waals surface area contributed by atoms with E-state index in [1.54, 1.807) is 30.0 Å². The Morgan fingerprint density at radius 2 is 2.23 bits per heavy atom. The van der Waals surface area contributed by atoms with Gasteiger partial charge in [-0.25, -0.2) is 0 Å². The molecule has 1 aromatic heterocycles. The predicted octanol–water partition coefficient (Wildman–Crippen LogP) is 2.90. The second-order valence-corrected chi connectivity index (χ2v) is 5.75. The molecule has 2 aromatic rings. The van der Waals surface area contributed by atoms with Crippen molar-refractivity contribution in [1.82, 2.24) is 15.0 Å². The zero-order valence-electron chi connectivity index (χ0n) is 11.8.